The molecule has 1 aliphatic rings. The summed E-state index contributed by atoms with van der Waals surface area (Å²) >= 11 is 6.01. The maximum Gasteiger partial charge on any atom is 0.219 e. The molecule has 1 aliphatic heterocycles. The van der Waals surface area contributed by atoms with Crippen molar-refractivity contribution >= 4 is 17.5 Å². The molecule has 7 heteroatoms. The van der Waals surface area contributed by atoms with Gasteiger partial charge in [-0.15, -0.1) is 0 Å². The lowest BCUT2D eigenvalue weighted by Crippen LogP contribution is -2.36. The molecule has 1 saturated heterocycles. The third-order valence-corrected chi connectivity index (χ3v) is 4.83. The lowest BCUT2D eigenvalue weighted by atomic mass is 9.96. The largest absolute Gasteiger partial charge is 0.384 e. The van der Waals surface area contributed by atoms with Gasteiger partial charge in [0.2, 0.25) is 5.91 Å². The molecule has 0 atom stereocenters. The molecule has 2 aromatic rings. The van der Waals surface area contributed by atoms with E-state index in [1.807, 2.05) is 33.8 Å². The molecule has 1 fully saturated rings. The first-order valence-corrected chi connectivity index (χ1v) is 8.92. The van der Waals surface area contributed by atoms with E-state index >= 15 is 0 Å². The van der Waals surface area contributed by atoms with Gasteiger partial charge in [-0.25, -0.2) is 9.67 Å². The summed E-state index contributed by atoms with van der Waals surface area (Å²) in [5.74, 6) is 2.16. The number of benzene rings is 1. The van der Waals surface area contributed by atoms with Crippen LogP contribution in [0.25, 0.3) is 5.69 Å². The van der Waals surface area contributed by atoms with E-state index in [2.05, 4.69) is 5.10 Å². The minimum absolute atomic E-state index is 0.137. The molecule has 2 heterocycles. The van der Waals surface area contributed by atoms with E-state index in [1.165, 1.54) is 0 Å². The molecule has 25 heavy (non-hydrogen) atoms. The maximum atomic E-state index is 11.6. The number of amides is 1. The van der Waals surface area contributed by atoms with E-state index in [0.29, 0.717) is 18.1 Å². The van der Waals surface area contributed by atoms with Gasteiger partial charge in [-0.05, 0) is 37.1 Å². The van der Waals surface area contributed by atoms with Crippen LogP contribution in [0.2, 0.25) is 5.02 Å². The van der Waals surface area contributed by atoms with E-state index in [9.17, 15) is 4.79 Å². The first kappa shape index (κ1) is 17.9. The van der Waals surface area contributed by atoms with Gasteiger partial charge in [-0.2, -0.15) is 5.10 Å². The Bertz CT molecular complexity index is 721. The van der Waals surface area contributed by atoms with Gasteiger partial charge in [0, 0.05) is 44.5 Å². The predicted molar refractivity (Wildman–Crippen MR) is 96.2 cm³/mol. The SMILES string of the molecule is COCCc1nc(C2CCN(C(C)=O)CC2)n(-c2ccc(Cl)cc2)n1. The molecule has 1 aromatic carbocycles. The summed E-state index contributed by atoms with van der Waals surface area (Å²) < 4.78 is 7.06. The van der Waals surface area contributed by atoms with E-state index in [4.69, 9.17) is 21.3 Å². The number of hydrogen-bond acceptors (Lipinski definition) is 4. The van der Waals surface area contributed by atoms with Gasteiger partial charge in [-0.1, -0.05) is 11.6 Å². The van der Waals surface area contributed by atoms with Crippen molar-refractivity contribution in [3.63, 3.8) is 0 Å². The normalized spacial score (nSPS) is 15.6. The second-order valence-electron chi connectivity index (χ2n) is 6.30. The second kappa shape index (κ2) is 7.97. The fraction of sp³-hybridized carbons (Fsp3) is 0.500. The lowest BCUT2D eigenvalue weighted by molar-refractivity contribution is -0.129. The molecule has 0 N–H and O–H groups in total. The molecule has 0 aliphatic carbocycles. The Morgan fingerprint density at radius 1 is 1.28 bits per heavy atom. The average Bonchev–Trinajstić information content (AvgIpc) is 3.05. The summed E-state index contributed by atoms with van der Waals surface area (Å²) in [7, 11) is 1.68. The number of carbonyl (C=O) groups excluding carboxylic acids is 1. The standard InChI is InChI=1S/C18H23ClN4O2/c1-13(24)22-10-7-14(8-11-22)18-20-17(9-12-25-2)21-23(18)16-5-3-15(19)4-6-16/h3-6,14H,7-12H2,1-2H3. The van der Waals surface area contributed by atoms with Crippen molar-refractivity contribution in [2.75, 3.05) is 26.8 Å². The number of halogens is 1. The Balaban J connectivity index is 1.87. The van der Waals surface area contributed by atoms with Crippen molar-refractivity contribution in [3.8, 4) is 5.69 Å². The Morgan fingerprint density at radius 2 is 1.96 bits per heavy atom. The van der Waals surface area contributed by atoms with Crippen LogP contribution in [0.3, 0.4) is 0 Å². The van der Waals surface area contributed by atoms with E-state index in [-0.39, 0.29) is 11.8 Å². The fourth-order valence-corrected chi connectivity index (χ4v) is 3.28. The first-order valence-electron chi connectivity index (χ1n) is 8.54. The van der Waals surface area contributed by atoms with Gasteiger partial charge in [-0.3, -0.25) is 4.79 Å². The van der Waals surface area contributed by atoms with Gasteiger partial charge >= 0.3 is 0 Å². The number of ether oxygens (including phenoxy) is 1. The van der Waals surface area contributed by atoms with Crippen molar-refractivity contribution < 1.29 is 9.53 Å². The van der Waals surface area contributed by atoms with Crippen LogP contribution in [0.4, 0.5) is 0 Å². The Hall–Kier alpha value is -1.92. The summed E-state index contributed by atoms with van der Waals surface area (Å²) in [6.45, 7) is 3.74. The second-order valence-corrected chi connectivity index (χ2v) is 6.73. The molecule has 1 amide bonds. The molecule has 6 nitrogen and oxygen atoms in total. The summed E-state index contributed by atoms with van der Waals surface area (Å²) in [4.78, 5) is 18.2. The van der Waals surface area contributed by atoms with Gasteiger partial charge in [0.25, 0.3) is 0 Å². The third kappa shape index (κ3) is 4.19. The van der Waals surface area contributed by atoms with E-state index < -0.39 is 0 Å². The number of carbonyl (C=O) groups is 1. The Morgan fingerprint density at radius 3 is 2.56 bits per heavy atom. The smallest absolute Gasteiger partial charge is 0.219 e. The van der Waals surface area contributed by atoms with Gasteiger partial charge in [0.1, 0.15) is 5.82 Å². The molecule has 134 valence electrons. The number of aromatic nitrogens is 3. The minimum Gasteiger partial charge on any atom is -0.384 e. The van der Waals surface area contributed by atoms with Crippen LogP contribution in [-0.2, 0) is 16.0 Å². The number of nitrogens with zero attached hydrogens (tertiary/aromatic N) is 4. The molecule has 0 radical (unpaired) electrons. The predicted octanol–water partition coefficient (Wildman–Crippen LogP) is 2.84. The summed E-state index contributed by atoms with van der Waals surface area (Å²) in [5.41, 5.74) is 0.949. The van der Waals surface area contributed by atoms with E-state index in [0.717, 1.165) is 43.3 Å². The van der Waals surface area contributed by atoms with Crippen LogP contribution in [0.1, 0.15) is 37.3 Å². The summed E-state index contributed by atoms with van der Waals surface area (Å²) in [6, 6.07) is 7.61. The average molecular weight is 363 g/mol. The van der Waals surface area contributed by atoms with Crippen LogP contribution in [-0.4, -0.2) is 52.4 Å². The fourth-order valence-electron chi connectivity index (χ4n) is 3.16. The van der Waals surface area contributed by atoms with Crippen LogP contribution in [0.15, 0.2) is 24.3 Å². The topological polar surface area (TPSA) is 60.2 Å². The Kier molecular flexibility index (Phi) is 5.71. The van der Waals surface area contributed by atoms with Crippen LogP contribution >= 0.6 is 11.6 Å². The van der Waals surface area contributed by atoms with E-state index in [1.54, 1.807) is 14.0 Å². The zero-order valence-electron chi connectivity index (χ0n) is 14.6. The molecule has 1 aromatic heterocycles. The monoisotopic (exact) mass is 362 g/mol. The number of likely N-dealkylation sites (tertiary alicyclic amines) is 1. The molecule has 0 spiro atoms. The van der Waals surface area contributed by atoms with Crippen molar-refractivity contribution in [1.82, 2.24) is 19.7 Å². The van der Waals surface area contributed by atoms with Crippen LogP contribution in [0.5, 0.6) is 0 Å². The molecular weight excluding hydrogens is 340 g/mol. The maximum absolute atomic E-state index is 11.6. The molecule has 0 bridgehead atoms. The van der Waals surface area contributed by atoms with Gasteiger partial charge in [0.15, 0.2) is 5.82 Å². The minimum atomic E-state index is 0.137. The quantitative estimate of drug-likeness (QED) is 0.820. The highest BCUT2D eigenvalue weighted by Gasteiger charge is 2.27. The first-order chi connectivity index (χ1) is 12.1. The van der Waals surface area contributed by atoms with Crippen molar-refractivity contribution in [2.24, 2.45) is 0 Å². The van der Waals surface area contributed by atoms with Crippen molar-refractivity contribution in [2.45, 2.75) is 32.1 Å². The van der Waals surface area contributed by atoms with Crippen LogP contribution < -0.4 is 0 Å². The number of methoxy groups -OCH3 is 1. The Labute approximate surface area is 152 Å². The summed E-state index contributed by atoms with van der Waals surface area (Å²) in [6.07, 6.45) is 2.47. The number of rotatable bonds is 5. The number of piperidine rings is 1. The zero-order valence-corrected chi connectivity index (χ0v) is 15.4. The van der Waals surface area contributed by atoms with Crippen LogP contribution in [0, 0.1) is 0 Å². The highest BCUT2D eigenvalue weighted by Crippen LogP contribution is 2.29. The lowest BCUT2D eigenvalue weighted by Gasteiger charge is -2.30. The molecular formula is C18H23ClN4O2. The number of hydrogen-bond donors (Lipinski definition) is 0. The van der Waals surface area contributed by atoms with Gasteiger partial charge < -0.3 is 9.64 Å². The highest BCUT2D eigenvalue weighted by molar-refractivity contribution is 6.30. The van der Waals surface area contributed by atoms with Crippen molar-refractivity contribution in [1.29, 1.82) is 0 Å². The summed E-state index contributed by atoms with van der Waals surface area (Å²) in [5, 5.41) is 5.37. The zero-order chi connectivity index (χ0) is 17.8. The van der Waals surface area contributed by atoms with Gasteiger partial charge in [0.05, 0.1) is 12.3 Å². The van der Waals surface area contributed by atoms with Crippen molar-refractivity contribution in [3.05, 3.63) is 40.9 Å². The highest BCUT2D eigenvalue weighted by atomic mass is 35.5. The molecule has 3 rings (SSSR count). The molecule has 0 saturated carbocycles. The molecule has 0 unspecified atom stereocenters. The third-order valence-electron chi connectivity index (χ3n) is 4.58.